The molecule has 0 bridgehead atoms. The number of alkyl halides is 3. The van der Waals surface area contributed by atoms with Crippen LogP contribution < -0.4 is 10.9 Å². The number of benzene rings is 1. The quantitative estimate of drug-likeness (QED) is 0.849. The topological polar surface area (TPSA) is 81.6 Å². The maximum atomic E-state index is 14.7. The van der Waals surface area contributed by atoms with Gasteiger partial charge in [-0.1, -0.05) is 12.8 Å². The van der Waals surface area contributed by atoms with Crippen LogP contribution in [0.1, 0.15) is 48.3 Å². The first kappa shape index (κ1) is 17.6. The van der Waals surface area contributed by atoms with Crippen LogP contribution in [0, 0.1) is 24.2 Å². The van der Waals surface area contributed by atoms with E-state index in [-0.39, 0.29) is 46.4 Å². The summed E-state index contributed by atoms with van der Waals surface area (Å²) in [7, 11) is 0. The number of nitriles is 1. The average molecular weight is 374 g/mol. The highest BCUT2D eigenvalue weighted by Gasteiger charge is 2.61. The lowest BCUT2D eigenvalue weighted by molar-refractivity contribution is -0.181. The van der Waals surface area contributed by atoms with Gasteiger partial charge in [-0.15, -0.1) is 0 Å². The summed E-state index contributed by atoms with van der Waals surface area (Å²) in [5.41, 5.74) is -3.25. The third kappa shape index (κ3) is 2.69. The minimum Gasteiger partial charge on any atom is -0.349 e. The fourth-order valence-corrected chi connectivity index (χ4v) is 3.86. The molecule has 2 heterocycles. The average Bonchev–Trinajstić information content (AvgIpc) is 3.42. The Morgan fingerprint density at radius 3 is 2.74 bits per heavy atom. The van der Waals surface area contributed by atoms with Crippen molar-refractivity contribution in [1.29, 1.82) is 5.26 Å². The van der Waals surface area contributed by atoms with E-state index in [1.54, 1.807) is 0 Å². The molecule has 1 aromatic heterocycles. The molecule has 0 amide bonds. The monoisotopic (exact) mass is 374 g/mol. The number of aryl methyl sites for hydroxylation is 1. The Balaban J connectivity index is 2.05. The molecular weight excluding hydrogens is 357 g/mol. The summed E-state index contributed by atoms with van der Waals surface area (Å²) in [6, 6.07) is 6.04. The lowest BCUT2D eigenvalue weighted by Crippen LogP contribution is -2.48. The van der Waals surface area contributed by atoms with Gasteiger partial charge in [0.1, 0.15) is 16.9 Å². The molecule has 0 spiro atoms. The number of rotatable bonds is 3. The standard InChI is InChI=1S/C19H17F3N4O/c1-10-24-16-15(17(27)25-10)26-14-5-4-12(9-23)8-13(14)18(16,19(20,21)22)7-6-11-2-3-11/h4-5,8,11,26H,2-3,6-7H2,1H3,(H,24,25,27). The molecule has 140 valence electrons. The number of hydrogen-bond donors (Lipinski definition) is 2. The van der Waals surface area contributed by atoms with Crippen LogP contribution in [-0.4, -0.2) is 16.1 Å². The molecule has 1 unspecified atom stereocenters. The Kier molecular flexibility index (Phi) is 3.81. The van der Waals surface area contributed by atoms with Crippen LogP contribution in [0.25, 0.3) is 0 Å². The molecule has 2 aliphatic rings. The van der Waals surface area contributed by atoms with E-state index in [9.17, 15) is 23.2 Å². The second-order valence-electron chi connectivity index (χ2n) is 7.26. The van der Waals surface area contributed by atoms with Crippen LogP contribution in [0.15, 0.2) is 23.0 Å². The molecule has 1 saturated carbocycles. The summed E-state index contributed by atoms with van der Waals surface area (Å²) in [5, 5.41) is 12.0. The van der Waals surface area contributed by atoms with Gasteiger partial charge in [-0.3, -0.25) is 4.79 Å². The maximum Gasteiger partial charge on any atom is 0.404 e. The van der Waals surface area contributed by atoms with Gasteiger partial charge in [-0.05, 0) is 49.4 Å². The van der Waals surface area contributed by atoms with Crippen LogP contribution in [0.4, 0.5) is 24.5 Å². The molecule has 27 heavy (non-hydrogen) atoms. The second-order valence-corrected chi connectivity index (χ2v) is 7.26. The summed E-state index contributed by atoms with van der Waals surface area (Å²) >= 11 is 0. The number of fused-ring (bicyclic) bond motifs is 2. The van der Waals surface area contributed by atoms with Gasteiger partial charge in [0, 0.05) is 5.69 Å². The molecule has 1 fully saturated rings. The van der Waals surface area contributed by atoms with E-state index in [0.717, 1.165) is 12.8 Å². The van der Waals surface area contributed by atoms with Crippen LogP contribution >= 0.6 is 0 Å². The Bertz CT molecular complexity index is 1020. The smallest absolute Gasteiger partial charge is 0.349 e. The molecule has 5 nitrogen and oxygen atoms in total. The zero-order chi connectivity index (χ0) is 19.4. The molecular formula is C19H17F3N4O. The molecule has 8 heteroatoms. The summed E-state index contributed by atoms with van der Waals surface area (Å²) in [4.78, 5) is 19.0. The molecule has 1 aliphatic carbocycles. The summed E-state index contributed by atoms with van der Waals surface area (Å²) in [6.45, 7) is 1.46. The van der Waals surface area contributed by atoms with Gasteiger partial charge in [0.05, 0.1) is 17.3 Å². The number of nitrogens with zero attached hydrogens (tertiary/aromatic N) is 2. The van der Waals surface area contributed by atoms with E-state index >= 15 is 0 Å². The number of nitrogens with one attached hydrogen (secondary N) is 2. The maximum absolute atomic E-state index is 14.7. The molecule has 0 radical (unpaired) electrons. The van der Waals surface area contributed by atoms with Crippen molar-refractivity contribution < 1.29 is 13.2 Å². The van der Waals surface area contributed by atoms with Crippen molar-refractivity contribution in [2.24, 2.45) is 5.92 Å². The number of aromatic nitrogens is 2. The number of aromatic amines is 1. The fraction of sp³-hybridized carbons (Fsp3) is 0.421. The minimum atomic E-state index is -4.67. The van der Waals surface area contributed by atoms with Gasteiger partial charge >= 0.3 is 6.18 Å². The van der Waals surface area contributed by atoms with Crippen molar-refractivity contribution in [2.75, 3.05) is 5.32 Å². The van der Waals surface area contributed by atoms with E-state index in [2.05, 4.69) is 15.3 Å². The molecule has 4 rings (SSSR count). The van der Waals surface area contributed by atoms with E-state index < -0.39 is 17.2 Å². The van der Waals surface area contributed by atoms with Gasteiger partial charge in [-0.2, -0.15) is 18.4 Å². The summed E-state index contributed by atoms with van der Waals surface area (Å²) in [6.07, 6.45) is -2.64. The molecule has 2 N–H and O–H groups in total. The van der Waals surface area contributed by atoms with Crippen LogP contribution in [-0.2, 0) is 5.41 Å². The van der Waals surface area contributed by atoms with E-state index in [1.807, 2.05) is 6.07 Å². The first-order chi connectivity index (χ1) is 12.8. The molecule has 1 atom stereocenters. The van der Waals surface area contributed by atoms with E-state index in [0.29, 0.717) is 6.42 Å². The summed E-state index contributed by atoms with van der Waals surface area (Å²) in [5.74, 6) is 0.397. The van der Waals surface area contributed by atoms with Crippen molar-refractivity contribution in [2.45, 2.75) is 44.2 Å². The highest BCUT2D eigenvalue weighted by atomic mass is 19.4. The van der Waals surface area contributed by atoms with Gasteiger partial charge in [-0.25, -0.2) is 4.98 Å². The Morgan fingerprint density at radius 1 is 1.37 bits per heavy atom. The normalized spacial score (nSPS) is 21.0. The minimum absolute atomic E-state index is 0.0419. The number of anilines is 2. The zero-order valence-electron chi connectivity index (χ0n) is 14.6. The Hall–Kier alpha value is -2.82. The van der Waals surface area contributed by atoms with E-state index in [1.165, 1.54) is 25.1 Å². The van der Waals surface area contributed by atoms with Crippen molar-refractivity contribution in [3.63, 3.8) is 0 Å². The first-order valence-electron chi connectivity index (χ1n) is 8.76. The third-order valence-corrected chi connectivity index (χ3v) is 5.42. The van der Waals surface area contributed by atoms with Gasteiger partial charge < -0.3 is 10.3 Å². The van der Waals surface area contributed by atoms with Crippen LogP contribution in [0.2, 0.25) is 0 Å². The third-order valence-electron chi connectivity index (χ3n) is 5.42. The highest BCUT2D eigenvalue weighted by Crippen LogP contribution is 2.56. The second kappa shape index (κ2) is 5.84. The largest absolute Gasteiger partial charge is 0.404 e. The molecule has 1 aliphatic heterocycles. The predicted octanol–water partition coefficient (Wildman–Crippen LogP) is 4.05. The van der Waals surface area contributed by atoms with Gasteiger partial charge in [0.15, 0.2) is 0 Å². The van der Waals surface area contributed by atoms with Crippen molar-refractivity contribution >= 4 is 11.4 Å². The molecule has 1 aromatic carbocycles. The fourth-order valence-electron chi connectivity index (χ4n) is 3.86. The van der Waals surface area contributed by atoms with Crippen LogP contribution in [0.3, 0.4) is 0 Å². The zero-order valence-corrected chi connectivity index (χ0v) is 14.6. The molecule has 0 saturated heterocycles. The van der Waals surface area contributed by atoms with Gasteiger partial charge in [0.2, 0.25) is 0 Å². The number of halogens is 3. The Morgan fingerprint density at radius 2 is 2.11 bits per heavy atom. The Labute approximate surface area is 153 Å². The van der Waals surface area contributed by atoms with Crippen molar-refractivity contribution in [3.8, 4) is 6.07 Å². The lowest BCUT2D eigenvalue weighted by atomic mass is 9.69. The lowest BCUT2D eigenvalue weighted by Gasteiger charge is -2.41. The predicted molar refractivity (Wildman–Crippen MR) is 92.8 cm³/mol. The SMILES string of the molecule is Cc1nc2c(c(=O)[nH]1)Nc1ccc(C#N)cc1C2(CCC1CC1)C(F)(F)F. The van der Waals surface area contributed by atoms with Gasteiger partial charge in [0.25, 0.3) is 5.56 Å². The van der Waals surface area contributed by atoms with Crippen molar-refractivity contribution in [1.82, 2.24) is 9.97 Å². The highest BCUT2D eigenvalue weighted by molar-refractivity contribution is 5.75. The number of H-pyrrole nitrogens is 1. The summed E-state index contributed by atoms with van der Waals surface area (Å²) < 4.78 is 44.0. The van der Waals surface area contributed by atoms with E-state index in [4.69, 9.17) is 0 Å². The van der Waals surface area contributed by atoms with Crippen LogP contribution in [0.5, 0.6) is 0 Å². The molecule has 2 aromatic rings. The number of hydrogen-bond acceptors (Lipinski definition) is 4. The van der Waals surface area contributed by atoms with Crippen molar-refractivity contribution in [3.05, 3.63) is 51.2 Å². The first-order valence-corrected chi connectivity index (χ1v) is 8.76.